The molecule has 0 aliphatic heterocycles. The number of aromatic nitrogens is 3. The van der Waals surface area contributed by atoms with Crippen LogP contribution >= 0.6 is 15.9 Å². The van der Waals surface area contributed by atoms with Gasteiger partial charge in [0, 0.05) is 27.7 Å². The maximum atomic E-state index is 13.4. The highest BCUT2D eigenvalue weighted by Crippen LogP contribution is 2.27. The van der Waals surface area contributed by atoms with Crippen molar-refractivity contribution in [1.29, 1.82) is 0 Å². The summed E-state index contributed by atoms with van der Waals surface area (Å²) in [4.78, 5) is 32.4. The smallest absolute Gasteiger partial charge is 0.287 e. The molecule has 0 aliphatic rings. The maximum absolute atomic E-state index is 13.4. The minimum absolute atomic E-state index is 0.142. The van der Waals surface area contributed by atoms with Crippen molar-refractivity contribution in [2.45, 2.75) is 0 Å². The summed E-state index contributed by atoms with van der Waals surface area (Å²) in [6, 6.07) is 24.4. The van der Waals surface area contributed by atoms with Crippen molar-refractivity contribution in [2.75, 3.05) is 0 Å². The van der Waals surface area contributed by atoms with Crippen LogP contribution < -0.4 is 10.3 Å². The van der Waals surface area contributed by atoms with Gasteiger partial charge in [0.25, 0.3) is 11.2 Å². The first-order valence-electron chi connectivity index (χ1n) is 10.7. The van der Waals surface area contributed by atoms with E-state index in [0.717, 1.165) is 16.2 Å². The summed E-state index contributed by atoms with van der Waals surface area (Å²) in [6.07, 6.45) is 2.62. The van der Waals surface area contributed by atoms with Crippen LogP contribution in [-0.2, 0) is 0 Å². The summed E-state index contributed by atoms with van der Waals surface area (Å²) in [6.45, 7) is 0. The Kier molecular flexibility index (Phi) is 6.33. The number of nitrogens with zero attached hydrogens (tertiary/aromatic N) is 5. The van der Waals surface area contributed by atoms with Gasteiger partial charge in [-0.05, 0) is 30.3 Å². The first-order valence-corrected chi connectivity index (χ1v) is 11.5. The highest BCUT2D eigenvalue weighted by atomic mass is 79.9. The molecule has 9 nitrogen and oxygen atoms in total. The molecule has 0 saturated heterocycles. The lowest BCUT2D eigenvalue weighted by atomic mass is 10.2. The van der Waals surface area contributed by atoms with Crippen LogP contribution in [0.25, 0.3) is 22.3 Å². The predicted molar refractivity (Wildman–Crippen MR) is 140 cm³/mol. The molecule has 176 valence electrons. The van der Waals surface area contributed by atoms with Gasteiger partial charge in [0.15, 0.2) is 5.82 Å². The quantitative estimate of drug-likeness (QED) is 0.152. The molecule has 2 aromatic heterocycles. The summed E-state index contributed by atoms with van der Waals surface area (Å²) >= 11 is 3.44. The van der Waals surface area contributed by atoms with Crippen LogP contribution in [0.15, 0.2) is 105 Å². The van der Waals surface area contributed by atoms with Crippen LogP contribution in [0.4, 0.5) is 5.69 Å². The fourth-order valence-corrected chi connectivity index (χ4v) is 3.87. The number of para-hydroxylation sites is 1. The lowest BCUT2D eigenvalue weighted by Crippen LogP contribution is -2.20. The molecule has 2 heterocycles. The first kappa shape index (κ1) is 23.1. The summed E-state index contributed by atoms with van der Waals surface area (Å²) in [5.41, 5.74) is 1.40. The Labute approximate surface area is 212 Å². The number of halogens is 1. The SMILES string of the molecule is O=c1c2ccccc2nc(-c2ccccc2)n1N=Cc1cc(Br)ccc1Oc1ccc([N+](=O)[O-])cn1. The Bertz CT molecular complexity index is 1670. The minimum Gasteiger partial charge on any atom is -0.438 e. The van der Waals surface area contributed by atoms with E-state index in [2.05, 4.69) is 26.0 Å². The number of rotatable bonds is 6. The monoisotopic (exact) mass is 541 g/mol. The summed E-state index contributed by atoms with van der Waals surface area (Å²) in [5.74, 6) is 0.962. The van der Waals surface area contributed by atoms with Gasteiger partial charge in [0.2, 0.25) is 5.88 Å². The van der Waals surface area contributed by atoms with E-state index in [1.165, 1.54) is 23.0 Å². The predicted octanol–water partition coefficient (Wildman–Crippen LogP) is 5.80. The zero-order chi connectivity index (χ0) is 25.1. The Morgan fingerprint density at radius 3 is 2.53 bits per heavy atom. The van der Waals surface area contributed by atoms with E-state index >= 15 is 0 Å². The molecule has 10 heteroatoms. The molecule has 0 spiro atoms. The number of nitro groups is 1. The van der Waals surface area contributed by atoms with Crippen molar-refractivity contribution < 1.29 is 9.66 Å². The van der Waals surface area contributed by atoms with Gasteiger partial charge in [-0.25, -0.2) is 9.97 Å². The van der Waals surface area contributed by atoms with Crippen molar-refractivity contribution in [3.8, 4) is 23.0 Å². The minimum atomic E-state index is -0.534. The van der Waals surface area contributed by atoms with Crippen molar-refractivity contribution >= 4 is 38.7 Å². The van der Waals surface area contributed by atoms with Crippen molar-refractivity contribution in [1.82, 2.24) is 14.6 Å². The average molecular weight is 542 g/mol. The zero-order valence-electron chi connectivity index (χ0n) is 18.5. The van der Waals surface area contributed by atoms with E-state index in [9.17, 15) is 14.9 Å². The highest BCUT2D eigenvalue weighted by molar-refractivity contribution is 9.10. The molecule has 0 unspecified atom stereocenters. The standard InChI is InChI=1S/C26H16BrN5O4/c27-19-10-12-23(36-24-13-11-20(16-28-24)32(34)35)18(14-19)15-29-31-25(17-6-2-1-3-7-17)30-22-9-5-4-8-21(22)26(31)33/h1-16H. The van der Waals surface area contributed by atoms with Crippen LogP contribution in [0.1, 0.15) is 5.56 Å². The second kappa shape index (κ2) is 9.88. The second-order valence-electron chi connectivity index (χ2n) is 7.58. The van der Waals surface area contributed by atoms with Crippen LogP contribution in [0, 0.1) is 10.1 Å². The number of pyridine rings is 1. The van der Waals surface area contributed by atoms with E-state index < -0.39 is 4.92 Å². The molecule has 0 amide bonds. The highest BCUT2D eigenvalue weighted by Gasteiger charge is 2.13. The van der Waals surface area contributed by atoms with E-state index in [0.29, 0.717) is 28.0 Å². The van der Waals surface area contributed by atoms with Gasteiger partial charge in [-0.15, -0.1) is 0 Å². The van der Waals surface area contributed by atoms with Crippen LogP contribution in [0.5, 0.6) is 11.6 Å². The number of fused-ring (bicyclic) bond motifs is 1. The van der Waals surface area contributed by atoms with Gasteiger partial charge in [0.05, 0.1) is 22.0 Å². The second-order valence-corrected chi connectivity index (χ2v) is 8.49. The van der Waals surface area contributed by atoms with E-state index in [1.807, 2.05) is 36.4 Å². The number of ether oxygens (including phenoxy) is 1. The molecule has 36 heavy (non-hydrogen) atoms. The van der Waals surface area contributed by atoms with E-state index in [4.69, 9.17) is 9.72 Å². The third-order valence-electron chi connectivity index (χ3n) is 5.22. The molecular weight excluding hydrogens is 526 g/mol. The number of hydrogen-bond donors (Lipinski definition) is 0. The summed E-state index contributed by atoms with van der Waals surface area (Å²) < 4.78 is 7.87. The number of benzene rings is 3. The molecule has 0 saturated carbocycles. The normalized spacial score (nSPS) is 11.1. The van der Waals surface area contributed by atoms with Crippen LogP contribution in [-0.4, -0.2) is 25.8 Å². The molecule has 5 rings (SSSR count). The van der Waals surface area contributed by atoms with Gasteiger partial charge >= 0.3 is 0 Å². The number of hydrogen-bond acceptors (Lipinski definition) is 7. The molecule has 3 aromatic carbocycles. The summed E-state index contributed by atoms with van der Waals surface area (Å²) in [7, 11) is 0. The van der Waals surface area contributed by atoms with Crippen molar-refractivity contribution in [3.05, 3.63) is 122 Å². The van der Waals surface area contributed by atoms with Crippen LogP contribution in [0.2, 0.25) is 0 Å². The Morgan fingerprint density at radius 1 is 1.00 bits per heavy atom. The van der Waals surface area contributed by atoms with Crippen molar-refractivity contribution in [3.63, 3.8) is 0 Å². The molecule has 5 aromatic rings. The molecular formula is C26H16BrN5O4. The largest absolute Gasteiger partial charge is 0.438 e. The lowest BCUT2D eigenvalue weighted by molar-refractivity contribution is -0.385. The van der Waals surface area contributed by atoms with Gasteiger partial charge in [-0.3, -0.25) is 14.9 Å². The van der Waals surface area contributed by atoms with Gasteiger partial charge < -0.3 is 4.74 Å². The third kappa shape index (κ3) is 4.75. The van der Waals surface area contributed by atoms with E-state index in [-0.39, 0.29) is 17.1 Å². The first-order chi connectivity index (χ1) is 17.5. The van der Waals surface area contributed by atoms with Crippen LogP contribution in [0.3, 0.4) is 0 Å². The maximum Gasteiger partial charge on any atom is 0.287 e. The molecule has 0 bridgehead atoms. The lowest BCUT2D eigenvalue weighted by Gasteiger charge is -2.11. The summed E-state index contributed by atoms with van der Waals surface area (Å²) in [5, 5.41) is 15.8. The molecule has 0 fully saturated rings. The van der Waals surface area contributed by atoms with E-state index in [1.54, 1.807) is 36.4 Å². The molecule has 0 aliphatic carbocycles. The fourth-order valence-electron chi connectivity index (χ4n) is 3.49. The van der Waals surface area contributed by atoms with Gasteiger partial charge in [-0.2, -0.15) is 9.78 Å². The Hall–Kier alpha value is -4.70. The zero-order valence-corrected chi connectivity index (χ0v) is 20.1. The Balaban J connectivity index is 1.58. The van der Waals surface area contributed by atoms with Crippen molar-refractivity contribution in [2.24, 2.45) is 5.10 Å². The third-order valence-corrected chi connectivity index (χ3v) is 5.71. The molecule has 0 atom stereocenters. The molecule has 0 N–H and O–H groups in total. The average Bonchev–Trinajstić information content (AvgIpc) is 2.90. The fraction of sp³-hybridized carbons (Fsp3) is 0. The molecule has 0 radical (unpaired) electrons. The Morgan fingerprint density at radius 2 is 1.78 bits per heavy atom. The van der Waals surface area contributed by atoms with Gasteiger partial charge in [0.1, 0.15) is 11.9 Å². The van der Waals surface area contributed by atoms with Gasteiger partial charge in [-0.1, -0.05) is 58.4 Å². The topological polar surface area (TPSA) is 113 Å².